The van der Waals surface area contributed by atoms with Crippen molar-refractivity contribution in [2.24, 2.45) is 0 Å². The van der Waals surface area contributed by atoms with Crippen LogP contribution in [-0.4, -0.2) is 36.7 Å². The molecule has 23 heavy (non-hydrogen) atoms. The van der Waals surface area contributed by atoms with Crippen LogP contribution < -0.4 is 20.7 Å². The van der Waals surface area contributed by atoms with Gasteiger partial charge in [-0.2, -0.15) is 9.97 Å². The summed E-state index contributed by atoms with van der Waals surface area (Å²) in [5.74, 6) is 2.88. The molecule has 2 aromatic rings. The lowest BCUT2D eigenvalue weighted by atomic mass is 10.0. The zero-order chi connectivity index (χ0) is 16.2. The number of anilines is 3. The minimum absolute atomic E-state index is 0.301. The van der Waals surface area contributed by atoms with Gasteiger partial charge in [-0.15, -0.1) is 0 Å². The smallest absolute Gasteiger partial charge is 0.223 e. The van der Waals surface area contributed by atoms with E-state index in [1.54, 1.807) is 7.11 Å². The Bertz CT molecular complexity index is 676. The van der Waals surface area contributed by atoms with Gasteiger partial charge in [0.1, 0.15) is 17.4 Å². The molecule has 0 saturated carbocycles. The van der Waals surface area contributed by atoms with E-state index < -0.39 is 0 Å². The molecule has 6 heteroatoms. The zero-order valence-corrected chi connectivity index (χ0v) is 13.6. The number of benzene rings is 1. The zero-order valence-electron chi connectivity index (χ0n) is 13.6. The van der Waals surface area contributed by atoms with Gasteiger partial charge in [-0.25, -0.2) is 0 Å². The standard InChI is InChI=1S/C17H23N5O/c1-19-15-11-16(21-17(18)20-15)22-9-5-7-13(22)10-12-6-3-4-8-14(12)23-2/h3-4,6,8,11,13H,5,7,9-10H2,1-2H3,(H3,18,19,20,21)/t13-/m0/s1. The van der Waals surface area contributed by atoms with Crippen molar-refractivity contribution in [1.82, 2.24) is 9.97 Å². The van der Waals surface area contributed by atoms with Gasteiger partial charge < -0.3 is 20.7 Å². The van der Waals surface area contributed by atoms with Gasteiger partial charge in [0, 0.05) is 25.7 Å². The predicted octanol–water partition coefficient (Wildman–Crippen LogP) is 2.32. The van der Waals surface area contributed by atoms with E-state index in [2.05, 4.69) is 32.3 Å². The Balaban J connectivity index is 1.84. The van der Waals surface area contributed by atoms with E-state index in [4.69, 9.17) is 10.5 Å². The Hall–Kier alpha value is -2.50. The van der Waals surface area contributed by atoms with Gasteiger partial charge in [0.2, 0.25) is 5.95 Å². The van der Waals surface area contributed by atoms with Gasteiger partial charge in [0.15, 0.2) is 0 Å². The average Bonchev–Trinajstić information content (AvgIpc) is 3.03. The van der Waals surface area contributed by atoms with Crippen LogP contribution in [0.1, 0.15) is 18.4 Å². The lowest BCUT2D eigenvalue weighted by molar-refractivity contribution is 0.408. The van der Waals surface area contributed by atoms with Crippen molar-refractivity contribution in [3.8, 4) is 5.75 Å². The van der Waals surface area contributed by atoms with Crippen LogP contribution in [0.5, 0.6) is 5.75 Å². The molecule has 3 N–H and O–H groups in total. The van der Waals surface area contributed by atoms with E-state index in [-0.39, 0.29) is 0 Å². The van der Waals surface area contributed by atoms with Gasteiger partial charge in [-0.1, -0.05) is 18.2 Å². The molecule has 122 valence electrons. The summed E-state index contributed by atoms with van der Waals surface area (Å²) in [4.78, 5) is 10.9. The quantitative estimate of drug-likeness (QED) is 0.882. The van der Waals surface area contributed by atoms with Gasteiger partial charge in [-0.05, 0) is 30.9 Å². The van der Waals surface area contributed by atoms with Crippen LogP contribution in [0.2, 0.25) is 0 Å². The summed E-state index contributed by atoms with van der Waals surface area (Å²) in [7, 11) is 3.55. The molecule has 1 aromatic carbocycles. The fourth-order valence-electron chi connectivity index (χ4n) is 3.20. The molecule has 0 amide bonds. The maximum absolute atomic E-state index is 5.84. The van der Waals surface area contributed by atoms with Crippen LogP contribution in [-0.2, 0) is 6.42 Å². The topological polar surface area (TPSA) is 76.3 Å². The number of methoxy groups -OCH3 is 1. The first-order chi connectivity index (χ1) is 11.2. The van der Waals surface area contributed by atoms with E-state index >= 15 is 0 Å². The lowest BCUT2D eigenvalue weighted by Crippen LogP contribution is -2.32. The molecule has 0 aliphatic carbocycles. The molecule has 0 radical (unpaired) electrons. The number of hydrogen-bond donors (Lipinski definition) is 2. The highest BCUT2D eigenvalue weighted by Crippen LogP contribution is 2.30. The van der Waals surface area contributed by atoms with Crippen LogP contribution in [0.3, 0.4) is 0 Å². The second-order valence-electron chi connectivity index (χ2n) is 5.72. The van der Waals surface area contributed by atoms with Crippen LogP contribution in [0, 0.1) is 0 Å². The van der Waals surface area contributed by atoms with Gasteiger partial charge in [0.25, 0.3) is 0 Å². The molecule has 1 atom stereocenters. The minimum atomic E-state index is 0.301. The van der Waals surface area contributed by atoms with Crippen molar-refractivity contribution in [2.45, 2.75) is 25.3 Å². The third-order valence-corrected chi connectivity index (χ3v) is 4.31. The van der Waals surface area contributed by atoms with Crippen molar-refractivity contribution >= 4 is 17.6 Å². The summed E-state index contributed by atoms with van der Waals surface area (Å²) in [6.07, 6.45) is 3.22. The number of ether oxygens (including phenoxy) is 1. The second-order valence-corrected chi connectivity index (χ2v) is 5.72. The number of aromatic nitrogens is 2. The van der Waals surface area contributed by atoms with Crippen LogP contribution in [0.15, 0.2) is 30.3 Å². The Morgan fingerprint density at radius 1 is 1.35 bits per heavy atom. The molecule has 6 nitrogen and oxygen atoms in total. The molecule has 1 saturated heterocycles. The van der Waals surface area contributed by atoms with Gasteiger partial charge in [0.05, 0.1) is 7.11 Å². The number of hydrogen-bond acceptors (Lipinski definition) is 6. The van der Waals surface area contributed by atoms with Crippen molar-refractivity contribution in [3.05, 3.63) is 35.9 Å². The summed E-state index contributed by atoms with van der Waals surface area (Å²) >= 11 is 0. The van der Waals surface area contributed by atoms with Crippen molar-refractivity contribution < 1.29 is 4.74 Å². The number of nitrogen functional groups attached to an aromatic ring is 1. The van der Waals surface area contributed by atoms with Crippen LogP contribution in [0.4, 0.5) is 17.6 Å². The molecular weight excluding hydrogens is 290 g/mol. The third-order valence-electron chi connectivity index (χ3n) is 4.31. The normalized spacial score (nSPS) is 17.3. The van der Waals surface area contributed by atoms with Crippen LogP contribution >= 0.6 is 0 Å². The van der Waals surface area contributed by atoms with E-state index in [0.29, 0.717) is 12.0 Å². The summed E-state index contributed by atoms with van der Waals surface area (Å²) < 4.78 is 5.48. The van der Waals surface area contributed by atoms with Crippen LogP contribution in [0.25, 0.3) is 0 Å². The molecule has 1 aromatic heterocycles. The Morgan fingerprint density at radius 2 is 2.17 bits per heavy atom. The number of nitrogens with two attached hydrogens (primary N) is 1. The molecule has 0 unspecified atom stereocenters. The SMILES string of the molecule is CNc1cc(N2CCC[C@H]2Cc2ccccc2OC)nc(N)n1. The Labute approximate surface area is 136 Å². The molecule has 0 bridgehead atoms. The highest BCUT2D eigenvalue weighted by Gasteiger charge is 2.27. The van der Waals surface area contributed by atoms with Crippen molar-refractivity contribution in [2.75, 3.05) is 36.7 Å². The maximum atomic E-state index is 5.84. The summed E-state index contributed by atoms with van der Waals surface area (Å²) in [6, 6.07) is 10.5. The number of para-hydroxylation sites is 1. The number of rotatable bonds is 5. The van der Waals surface area contributed by atoms with Crippen molar-refractivity contribution in [3.63, 3.8) is 0 Å². The van der Waals surface area contributed by atoms with Gasteiger partial charge in [-0.3, -0.25) is 0 Å². The highest BCUT2D eigenvalue weighted by molar-refractivity contribution is 5.54. The highest BCUT2D eigenvalue weighted by atomic mass is 16.5. The first-order valence-corrected chi connectivity index (χ1v) is 7.92. The van der Waals surface area contributed by atoms with E-state index in [9.17, 15) is 0 Å². The second kappa shape index (κ2) is 6.73. The summed E-state index contributed by atoms with van der Waals surface area (Å²) in [5, 5.41) is 3.04. The van der Waals surface area contributed by atoms with Crippen molar-refractivity contribution in [1.29, 1.82) is 0 Å². The molecule has 2 heterocycles. The lowest BCUT2D eigenvalue weighted by Gasteiger charge is -2.26. The fourth-order valence-corrected chi connectivity index (χ4v) is 3.20. The molecule has 0 spiro atoms. The molecule has 1 fully saturated rings. The van der Waals surface area contributed by atoms with E-state index in [1.807, 2.05) is 25.2 Å². The third kappa shape index (κ3) is 3.31. The predicted molar refractivity (Wildman–Crippen MR) is 93.1 cm³/mol. The Kier molecular flexibility index (Phi) is 4.50. The summed E-state index contributed by atoms with van der Waals surface area (Å²) in [5.41, 5.74) is 7.06. The molecule has 1 aliphatic heterocycles. The number of nitrogens with zero attached hydrogens (tertiary/aromatic N) is 3. The maximum Gasteiger partial charge on any atom is 0.223 e. The largest absolute Gasteiger partial charge is 0.496 e. The molecule has 3 rings (SSSR count). The molecular formula is C17H23N5O. The first kappa shape index (κ1) is 15.4. The number of nitrogens with one attached hydrogen (secondary N) is 1. The van der Waals surface area contributed by atoms with Gasteiger partial charge >= 0.3 is 0 Å². The van der Waals surface area contributed by atoms with E-state index in [1.165, 1.54) is 5.56 Å². The van der Waals surface area contributed by atoms with E-state index in [0.717, 1.165) is 43.2 Å². The average molecular weight is 313 g/mol. The fraction of sp³-hybridized carbons (Fsp3) is 0.412. The minimum Gasteiger partial charge on any atom is -0.496 e. The monoisotopic (exact) mass is 313 g/mol. The Morgan fingerprint density at radius 3 is 2.96 bits per heavy atom. The molecule has 1 aliphatic rings. The first-order valence-electron chi connectivity index (χ1n) is 7.92. The summed E-state index contributed by atoms with van der Waals surface area (Å²) in [6.45, 7) is 0.986.